The quantitative estimate of drug-likeness (QED) is 0.747. The topological polar surface area (TPSA) is 60.9 Å². The molecule has 128 valence electrons. The minimum absolute atomic E-state index is 0.0275. The lowest BCUT2D eigenvalue weighted by Crippen LogP contribution is -2.48. The minimum atomic E-state index is -0.635. The standard InChI is InChI=1S/C17H27N3O3/c1-5-7-17-8-6-9-18(17)15(23)20(14(17)22)12-10-13(21)19(11-12)16(2,3)4/h12H,5-11H2,1-4H3. The van der Waals surface area contributed by atoms with Crippen LogP contribution < -0.4 is 0 Å². The van der Waals surface area contributed by atoms with E-state index in [1.165, 1.54) is 4.90 Å². The van der Waals surface area contributed by atoms with Gasteiger partial charge in [-0.05, 0) is 40.0 Å². The molecule has 4 amide bonds. The average Bonchev–Trinajstić information content (AvgIpc) is 3.07. The largest absolute Gasteiger partial charge is 0.336 e. The summed E-state index contributed by atoms with van der Waals surface area (Å²) >= 11 is 0. The Balaban J connectivity index is 1.86. The van der Waals surface area contributed by atoms with Crippen LogP contribution in [0.25, 0.3) is 0 Å². The molecule has 3 aliphatic heterocycles. The van der Waals surface area contributed by atoms with Gasteiger partial charge < -0.3 is 9.80 Å². The summed E-state index contributed by atoms with van der Waals surface area (Å²) in [6.07, 6.45) is 3.50. The van der Waals surface area contributed by atoms with E-state index in [1.807, 2.05) is 27.7 Å². The van der Waals surface area contributed by atoms with Crippen LogP contribution in [0.4, 0.5) is 4.79 Å². The Kier molecular flexibility index (Phi) is 3.69. The van der Waals surface area contributed by atoms with Gasteiger partial charge in [0.05, 0.1) is 6.04 Å². The summed E-state index contributed by atoms with van der Waals surface area (Å²) in [7, 11) is 0. The van der Waals surface area contributed by atoms with Gasteiger partial charge in [-0.3, -0.25) is 14.5 Å². The van der Waals surface area contributed by atoms with E-state index in [-0.39, 0.29) is 35.8 Å². The van der Waals surface area contributed by atoms with Crippen LogP contribution in [0.5, 0.6) is 0 Å². The molecule has 3 saturated heterocycles. The number of hydrogen-bond acceptors (Lipinski definition) is 3. The number of amides is 4. The number of hydrogen-bond donors (Lipinski definition) is 0. The van der Waals surface area contributed by atoms with Crippen LogP contribution in [0, 0.1) is 0 Å². The molecule has 3 rings (SSSR count). The van der Waals surface area contributed by atoms with Crippen molar-refractivity contribution in [3.8, 4) is 0 Å². The van der Waals surface area contributed by atoms with Gasteiger partial charge in [0.1, 0.15) is 5.54 Å². The van der Waals surface area contributed by atoms with Gasteiger partial charge in [0.2, 0.25) is 5.91 Å². The van der Waals surface area contributed by atoms with Gasteiger partial charge in [0.15, 0.2) is 0 Å². The van der Waals surface area contributed by atoms with Crippen molar-refractivity contribution in [2.45, 2.75) is 76.9 Å². The Bertz CT molecular complexity index is 554. The summed E-state index contributed by atoms with van der Waals surface area (Å²) in [5, 5.41) is 0. The highest BCUT2D eigenvalue weighted by Gasteiger charge is 2.61. The molecule has 0 aliphatic carbocycles. The van der Waals surface area contributed by atoms with Crippen LogP contribution in [0.3, 0.4) is 0 Å². The second-order valence-electron chi connectivity index (χ2n) is 8.03. The fourth-order valence-electron chi connectivity index (χ4n) is 4.43. The van der Waals surface area contributed by atoms with Gasteiger partial charge in [-0.25, -0.2) is 4.79 Å². The molecule has 6 heteroatoms. The van der Waals surface area contributed by atoms with Crippen molar-refractivity contribution in [3.63, 3.8) is 0 Å². The van der Waals surface area contributed by atoms with Gasteiger partial charge in [0.25, 0.3) is 5.91 Å². The fourth-order valence-corrected chi connectivity index (χ4v) is 4.43. The monoisotopic (exact) mass is 321 g/mol. The average molecular weight is 321 g/mol. The third kappa shape index (κ3) is 2.25. The van der Waals surface area contributed by atoms with E-state index >= 15 is 0 Å². The third-order valence-electron chi connectivity index (χ3n) is 5.49. The van der Waals surface area contributed by atoms with E-state index in [4.69, 9.17) is 0 Å². The first-order valence-corrected chi connectivity index (χ1v) is 8.68. The Hall–Kier alpha value is -1.59. The molecule has 23 heavy (non-hydrogen) atoms. The number of imide groups is 1. The smallest absolute Gasteiger partial charge is 0.328 e. The number of fused-ring (bicyclic) bond motifs is 1. The number of carbonyl (C=O) groups excluding carboxylic acids is 3. The summed E-state index contributed by atoms with van der Waals surface area (Å²) in [6.45, 7) is 9.11. The molecule has 2 unspecified atom stereocenters. The lowest BCUT2D eigenvalue weighted by molar-refractivity contribution is -0.134. The van der Waals surface area contributed by atoms with Gasteiger partial charge in [-0.15, -0.1) is 0 Å². The number of urea groups is 1. The van der Waals surface area contributed by atoms with Gasteiger partial charge >= 0.3 is 6.03 Å². The molecule has 0 bridgehead atoms. The molecule has 0 radical (unpaired) electrons. The first-order chi connectivity index (χ1) is 10.7. The SMILES string of the molecule is CCCC12CCCN1C(=O)N(C1CC(=O)N(C(C)(C)C)C1)C2=O. The Labute approximate surface area is 137 Å². The third-order valence-corrected chi connectivity index (χ3v) is 5.49. The molecule has 3 heterocycles. The summed E-state index contributed by atoms with van der Waals surface area (Å²) in [6, 6.07) is -0.504. The molecule has 0 aromatic heterocycles. The number of carbonyl (C=O) groups is 3. The summed E-state index contributed by atoms with van der Waals surface area (Å²) in [4.78, 5) is 43.2. The number of likely N-dealkylation sites (tertiary alicyclic amines) is 1. The predicted molar refractivity (Wildman–Crippen MR) is 85.7 cm³/mol. The predicted octanol–water partition coefficient (Wildman–Crippen LogP) is 1.98. The molecule has 3 fully saturated rings. The van der Waals surface area contributed by atoms with Crippen LogP contribution in [0.2, 0.25) is 0 Å². The van der Waals surface area contributed by atoms with E-state index in [0.29, 0.717) is 13.1 Å². The van der Waals surface area contributed by atoms with E-state index in [1.54, 1.807) is 9.80 Å². The van der Waals surface area contributed by atoms with Crippen molar-refractivity contribution in [2.24, 2.45) is 0 Å². The normalized spacial score (nSPS) is 31.6. The molecule has 0 saturated carbocycles. The molecule has 3 aliphatic rings. The van der Waals surface area contributed by atoms with E-state index in [2.05, 4.69) is 0 Å². The molecule has 6 nitrogen and oxygen atoms in total. The summed E-state index contributed by atoms with van der Waals surface area (Å²) < 4.78 is 0. The highest BCUT2D eigenvalue weighted by Crippen LogP contribution is 2.43. The summed E-state index contributed by atoms with van der Waals surface area (Å²) in [5.41, 5.74) is -0.918. The lowest BCUT2D eigenvalue weighted by Gasteiger charge is -2.32. The Morgan fingerprint density at radius 3 is 2.48 bits per heavy atom. The zero-order valence-corrected chi connectivity index (χ0v) is 14.6. The van der Waals surface area contributed by atoms with Crippen LogP contribution in [0.15, 0.2) is 0 Å². The fraction of sp³-hybridized carbons (Fsp3) is 0.824. The molecule has 0 spiro atoms. The highest BCUT2D eigenvalue weighted by atomic mass is 16.2. The maximum absolute atomic E-state index is 13.1. The Morgan fingerprint density at radius 1 is 1.22 bits per heavy atom. The van der Waals surface area contributed by atoms with Gasteiger partial charge in [-0.2, -0.15) is 0 Å². The van der Waals surface area contributed by atoms with Crippen molar-refractivity contribution in [2.75, 3.05) is 13.1 Å². The van der Waals surface area contributed by atoms with Crippen molar-refractivity contribution >= 4 is 17.8 Å². The first-order valence-electron chi connectivity index (χ1n) is 8.68. The van der Waals surface area contributed by atoms with E-state index in [0.717, 1.165) is 25.7 Å². The van der Waals surface area contributed by atoms with Crippen LogP contribution in [-0.2, 0) is 9.59 Å². The number of rotatable bonds is 3. The van der Waals surface area contributed by atoms with Crippen molar-refractivity contribution in [3.05, 3.63) is 0 Å². The molecule has 0 N–H and O–H groups in total. The van der Waals surface area contributed by atoms with Gasteiger partial charge in [-0.1, -0.05) is 13.3 Å². The second kappa shape index (κ2) is 5.21. The highest BCUT2D eigenvalue weighted by molar-refractivity contribution is 6.08. The van der Waals surface area contributed by atoms with E-state index in [9.17, 15) is 14.4 Å². The van der Waals surface area contributed by atoms with Crippen molar-refractivity contribution < 1.29 is 14.4 Å². The van der Waals surface area contributed by atoms with Crippen LogP contribution >= 0.6 is 0 Å². The maximum atomic E-state index is 13.1. The Morgan fingerprint density at radius 2 is 1.91 bits per heavy atom. The van der Waals surface area contributed by atoms with Crippen LogP contribution in [0.1, 0.15) is 59.8 Å². The summed E-state index contributed by atoms with van der Waals surface area (Å²) in [5.74, 6) is -0.0462. The molecule has 0 aromatic rings. The lowest BCUT2D eigenvalue weighted by atomic mass is 9.90. The van der Waals surface area contributed by atoms with Crippen molar-refractivity contribution in [1.29, 1.82) is 0 Å². The molecular formula is C17H27N3O3. The molecule has 0 aromatic carbocycles. The minimum Gasteiger partial charge on any atom is -0.336 e. The first kappa shape index (κ1) is 16.3. The molecular weight excluding hydrogens is 294 g/mol. The second-order valence-corrected chi connectivity index (χ2v) is 8.03. The van der Waals surface area contributed by atoms with Gasteiger partial charge in [0, 0.05) is 25.0 Å². The molecule has 2 atom stereocenters. The zero-order valence-electron chi connectivity index (χ0n) is 14.6. The maximum Gasteiger partial charge on any atom is 0.328 e. The van der Waals surface area contributed by atoms with Crippen molar-refractivity contribution in [1.82, 2.24) is 14.7 Å². The van der Waals surface area contributed by atoms with Crippen LogP contribution in [-0.4, -0.2) is 62.8 Å². The zero-order chi connectivity index (χ0) is 17.0. The van der Waals surface area contributed by atoms with E-state index < -0.39 is 5.54 Å². The number of nitrogens with zero attached hydrogens (tertiary/aromatic N) is 3.